The summed E-state index contributed by atoms with van der Waals surface area (Å²) < 4.78 is 1.96. The third-order valence-corrected chi connectivity index (χ3v) is 6.47. The van der Waals surface area contributed by atoms with Crippen LogP contribution in [0.3, 0.4) is 0 Å². The number of aromatic nitrogens is 3. The Kier molecular flexibility index (Phi) is 6.98. The molecule has 3 amide bonds. The lowest BCUT2D eigenvalue weighted by Crippen LogP contribution is -2.38. The lowest BCUT2D eigenvalue weighted by molar-refractivity contribution is -0.119. The van der Waals surface area contributed by atoms with Crippen LogP contribution in [-0.4, -0.2) is 32.0 Å². The zero-order valence-corrected chi connectivity index (χ0v) is 18.9. The second-order valence-corrected chi connectivity index (χ2v) is 9.24. The molecule has 0 aliphatic heterocycles. The van der Waals surface area contributed by atoms with Crippen molar-refractivity contribution >= 4 is 40.7 Å². The van der Waals surface area contributed by atoms with Crippen LogP contribution in [0.15, 0.2) is 83.3 Å². The van der Waals surface area contributed by atoms with Crippen LogP contribution in [0.4, 0.5) is 10.5 Å². The normalized spacial score (nSPS) is 11.7. The topological polar surface area (TPSA) is 88.9 Å². The van der Waals surface area contributed by atoms with E-state index in [0.717, 1.165) is 11.5 Å². The lowest BCUT2D eigenvalue weighted by atomic mass is 10.3. The lowest BCUT2D eigenvalue weighted by Gasteiger charge is -2.13. The Hall–Kier alpha value is -3.43. The van der Waals surface area contributed by atoms with Crippen molar-refractivity contribution in [2.24, 2.45) is 0 Å². The number of carbonyl (C=O) groups excluding carboxylic acids is 2. The molecule has 1 unspecified atom stereocenters. The van der Waals surface area contributed by atoms with E-state index in [2.05, 4.69) is 26.9 Å². The molecule has 32 heavy (non-hydrogen) atoms. The first kappa shape index (κ1) is 21.8. The maximum Gasteiger partial charge on any atom is 0.325 e. The van der Waals surface area contributed by atoms with Gasteiger partial charge in [0.25, 0.3) is 0 Å². The third-order valence-electron chi connectivity index (χ3n) is 4.55. The number of benzene rings is 2. The molecule has 2 heterocycles. The highest BCUT2D eigenvalue weighted by Gasteiger charge is 2.22. The molecule has 0 aliphatic rings. The summed E-state index contributed by atoms with van der Waals surface area (Å²) >= 11 is 2.92. The average Bonchev–Trinajstić information content (AvgIpc) is 3.45. The average molecular weight is 464 g/mol. The minimum absolute atomic E-state index is 0.411. The first-order valence-corrected chi connectivity index (χ1v) is 11.7. The van der Waals surface area contributed by atoms with E-state index in [1.807, 2.05) is 52.4 Å². The number of hydrogen-bond acceptors (Lipinski definition) is 6. The number of thioether (sulfide) groups is 1. The van der Waals surface area contributed by atoms with Crippen molar-refractivity contribution in [3.05, 3.63) is 88.9 Å². The van der Waals surface area contributed by atoms with E-state index in [9.17, 15) is 9.59 Å². The minimum Gasteiger partial charge on any atom is -0.308 e. The fraction of sp³-hybridized carbons (Fsp3) is 0.130. The van der Waals surface area contributed by atoms with Crippen molar-refractivity contribution in [3.8, 4) is 5.69 Å². The van der Waals surface area contributed by atoms with E-state index in [1.165, 1.54) is 16.6 Å². The van der Waals surface area contributed by atoms with Gasteiger partial charge in [-0.25, -0.2) is 4.79 Å². The Morgan fingerprint density at radius 2 is 1.72 bits per heavy atom. The van der Waals surface area contributed by atoms with E-state index < -0.39 is 17.2 Å². The van der Waals surface area contributed by atoms with Gasteiger partial charge >= 0.3 is 6.03 Å². The highest BCUT2D eigenvalue weighted by atomic mass is 32.2. The quantitative estimate of drug-likeness (QED) is 0.386. The molecule has 1 atom stereocenters. The Morgan fingerprint density at radius 3 is 2.41 bits per heavy atom. The van der Waals surface area contributed by atoms with Gasteiger partial charge < -0.3 is 5.32 Å². The van der Waals surface area contributed by atoms with E-state index in [-0.39, 0.29) is 0 Å². The standard InChI is InChI=1S/C23H21N5O2S2/c1-16(21(29)25-22(30)24-17-9-4-2-5-10-17)32-23-27-26-20(15-19-13-8-14-31-19)28(23)18-11-6-3-7-12-18/h2-14,16H,15H2,1H3,(H2,24,25,29,30). The zero-order chi connectivity index (χ0) is 22.3. The van der Waals surface area contributed by atoms with Gasteiger partial charge in [-0.3, -0.25) is 14.7 Å². The summed E-state index contributed by atoms with van der Waals surface area (Å²) in [5.74, 6) is 0.376. The number of nitrogens with zero attached hydrogens (tertiary/aromatic N) is 3. The van der Waals surface area contributed by atoms with Crippen molar-refractivity contribution in [3.63, 3.8) is 0 Å². The molecule has 0 spiro atoms. The largest absolute Gasteiger partial charge is 0.325 e. The fourth-order valence-corrected chi connectivity index (χ4v) is 4.59. The Bertz CT molecular complexity index is 1180. The second-order valence-electron chi connectivity index (χ2n) is 6.90. The SMILES string of the molecule is CC(Sc1nnc(Cc2cccs2)n1-c1ccccc1)C(=O)NC(=O)Nc1ccccc1. The van der Waals surface area contributed by atoms with Crippen LogP contribution in [0.5, 0.6) is 0 Å². The fourth-order valence-electron chi connectivity index (χ4n) is 3.01. The number of anilines is 1. The predicted molar refractivity (Wildman–Crippen MR) is 127 cm³/mol. The Balaban J connectivity index is 1.48. The predicted octanol–water partition coefficient (Wildman–Crippen LogP) is 4.75. The van der Waals surface area contributed by atoms with Crippen LogP contribution in [0.25, 0.3) is 5.69 Å². The first-order chi connectivity index (χ1) is 15.6. The van der Waals surface area contributed by atoms with Crippen LogP contribution in [0, 0.1) is 0 Å². The van der Waals surface area contributed by atoms with Gasteiger partial charge in [-0.05, 0) is 42.6 Å². The van der Waals surface area contributed by atoms with Gasteiger partial charge in [-0.2, -0.15) is 0 Å². The molecule has 2 N–H and O–H groups in total. The molecule has 0 fully saturated rings. The maximum atomic E-state index is 12.6. The summed E-state index contributed by atoms with van der Waals surface area (Å²) in [6.45, 7) is 1.73. The highest BCUT2D eigenvalue weighted by Crippen LogP contribution is 2.27. The Morgan fingerprint density at radius 1 is 1.00 bits per heavy atom. The first-order valence-electron chi connectivity index (χ1n) is 9.96. The summed E-state index contributed by atoms with van der Waals surface area (Å²) in [5, 5.41) is 15.8. The molecule has 2 aromatic heterocycles. The van der Waals surface area contributed by atoms with E-state index in [0.29, 0.717) is 17.3 Å². The van der Waals surface area contributed by atoms with Crippen molar-refractivity contribution in [2.75, 3.05) is 5.32 Å². The molecule has 0 saturated carbocycles. The number of rotatable bonds is 7. The van der Waals surface area contributed by atoms with Gasteiger partial charge in [0.1, 0.15) is 5.82 Å². The number of thiophene rings is 1. The number of nitrogens with one attached hydrogen (secondary N) is 2. The number of imide groups is 1. The van der Waals surface area contributed by atoms with Gasteiger partial charge in [0.15, 0.2) is 5.16 Å². The molecule has 7 nitrogen and oxygen atoms in total. The number of amides is 3. The molecule has 4 aromatic rings. The monoisotopic (exact) mass is 463 g/mol. The van der Waals surface area contributed by atoms with E-state index >= 15 is 0 Å². The summed E-state index contributed by atoms with van der Waals surface area (Å²) in [4.78, 5) is 26.0. The maximum absolute atomic E-state index is 12.6. The highest BCUT2D eigenvalue weighted by molar-refractivity contribution is 8.00. The summed E-state index contributed by atoms with van der Waals surface area (Å²) in [7, 11) is 0. The molecule has 0 saturated heterocycles. The molecule has 162 valence electrons. The summed E-state index contributed by atoms with van der Waals surface area (Å²) in [5.41, 5.74) is 1.53. The van der Waals surface area contributed by atoms with Gasteiger partial charge in [-0.15, -0.1) is 21.5 Å². The van der Waals surface area contributed by atoms with Crippen LogP contribution in [-0.2, 0) is 11.2 Å². The van der Waals surface area contributed by atoms with Crippen molar-refractivity contribution in [1.29, 1.82) is 0 Å². The number of urea groups is 1. The number of para-hydroxylation sites is 2. The van der Waals surface area contributed by atoms with Crippen LogP contribution < -0.4 is 10.6 Å². The van der Waals surface area contributed by atoms with Crippen LogP contribution in [0.2, 0.25) is 0 Å². The van der Waals surface area contributed by atoms with E-state index in [1.54, 1.807) is 42.5 Å². The van der Waals surface area contributed by atoms with Crippen LogP contribution >= 0.6 is 23.1 Å². The second kappa shape index (κ2) is 10.3. The molecule has 2 aromatic carbocycles. The van der Waals surface area contributed by atoms with Crippen molar-refractivity contribution in [2.45, 2.75) is 23.8 Å². The zero-order valence-electron chi connectivity index (χ0n) is 17.3. The number of hydrogen-bond donors (Lipinski definition) is 2. The molecule has 0 bridgehead atoms. The van der Waals surface area contributed by atoms with Crippen LogP contribution in [0.1, 0.15) is 17.6 Å². The molecule has 9 heteroatoms. The van der Waals surface area contributed by atoms with Gasteiger partial charge in [0.2, 0.25) is 5.91 Å². The third kappa shape index (κ3) is 5.43. The van der Waals surface area contributed by atoms with Crippen molar-refractivity contribution < 1.29 is 9.59 Å². The smallest absolute Gasteiger partial charge is 0.308 e. The van der Waals surface area contributed by atoms with Gasteiger partial charge in [-0.1, -0.05) is 54.2 Å². The summed E-state index contributed by atoms with van der Waals surface area (Å²) in [6, 6.07) is 22.2. The minimum atomic E-state index is -0.573. The molecule has 0 aliphatic carbocycles. The molecule has 0 radical (unpaired) electrons. The molecule has 4 rings (SSSR count). The molecular weight excluding hydrogens is 442 g/mol. The van der Waals surface area contributed by atoms with Crippen molar-refractivity contribution in [1.82, 2.24) is 20.1 Å². The van der Waals surface area contributed by atoms with E-state index in [4.69, 9.17) is 0 Å². The van der Waals surface area contributed by atoms with Gasteiger partial charge in [0.05, 0.1) is 5.25 Å². The van der Waals surface area contributed by atoms with Gasteiger partial charge in [0, 0.05) is 22.7 Å². The number of carbonyl (C=O) groups is 2. The summed E-state index contributed by atoms with van der Waals surface area (Å²) in [6.07, 6.45) is 0.639. The Labute approximate surface area is 193 Å². The molecular formula is C23H21N5O2S2.